The highest BCUT2D eigenvalue weighted by Crippen LogP contribution is 2.27. The minimum Gasteiger partial charge on any atom is -0.497 e. The Morgan fingerprint density at radius 2 is 1.60 bits per heavy atom. The largest absolute Gasteiger partial charge is 0.497 e. The Labute approximate surface area is 117 Å². The number of rotatable bonds is 4. The molecule has 0 aromatic heterocycles. The first kappa shape index (κ1) is 14.3. The van der Waals surface area contributed by atoms with E-state index in [4.69, 9.17) is 4.74 Å². The van der Waals surface area contributed by atoms with Gasteiger partial charge in [0, 0.05) is 11.8 Å². The molecule has 0 atom stereocenters. The molecule has 0 unspecified atom stereocenters. The van der Waals surface area contributed by atoms with Crippen molar-refractivity contribution in [3.63, 3.8) is 0 Å². The fourth-order valence-corrected chi connectivity index (χ4v) is 2.01. The van der Waals surface area contributed by atoms with Crippen molar-refractivity contribution in [2.45, 2.75) is 19.4 Å². The first-order valence-corrected chi connectivity index (χ1v) is 6.30. The molecule has 106 valence electrons. The summed E-state index contributed by atoms with van der Waals surface area (Å²) in [6.07, 6.45) is 0. The second-order valence-corrected chi connectivity index (χ2v) is 5.11. The van der Waals surface area contributed by atoms with E-state index in [1.54, 1.807) is 7.11 Å². The van der Waals surface area contributed by atoms with Crippen LogP contribution in [0.5, 0.6) is 5.75 Å². The predicted octanol–water partition coefficient (Wildman–Crippen LogP) is 4.32. The summed E-state index contributed by atoms with van der Waals surface area (Å²) in [6.45, 7) is 3.94. The SMILES string of the molecule is COc1ccc(C(C)(C)Nc2ccc(F)c(F)c2)cc1. The number of hydrogen-bond donors (Lipinski definition) is 1. The molecule has 0 saturated carbocycles. The Hall–Kier alpha value is -2.10. The van der Waals surface area contributed by atoms with E-state index < -0.39 is 17.2 Å². The molecule has 0 spiro atoms. The lowest BCUT2D eigenvalue weighted by atomic mass is 9.94. The summed E-state index contributed by atoms with van der Waals surface area (Å²) < 4.78 is 31.3. The third kappa shape index (κ3) is 3.07. The van der Waals surface area contributed by atoms with E-state index in [-0.39, 0.29) is 0 Å². The molecule has 2 aromatic rings. The maximum absolute atomic E-state index is 13.2. The maximum Gasteiger partial charge on any atom is 0.160 e. The van der Waals surface area contributed by atoms with Crippen molar-refractivity contribution >= 4 is 5.69 Å². The highest BCUT2D eigenvalue weighted by molar-refractivity contribution is 5.48. The number of methoxy groups -OCH3 is 1. The summed E-state index contributed by atoms with van der Waals surface area (Å²) in [5.74, 6) is -0.935. The zero-order chi connectivity index (χ0) is 14.8. The van der Waals surface area contributed by atoms with E-state index in [1.807, 2.05) is 38.1 Å². The Bertz CT molecular complexity index is 594. The van der Waals surface area contributed by atoms with Gasteiger partial charge in [0.25, 0.3) is 0 Å². The Morgan fingerprint density at radius 3 is 2.15 bits per heavy atom. The highest BCUT2D eigenvalue weighted by Gasteiger charge is 2.20. The summed E-state index contributed by atoms with van der Waals surface area (Å²) in [5, 5.41) is 3.19. The van der Waals surface area contributed by atoms with Crippen LogP contribution in [0, 0.1) is 11.6 Å². The third-order valence-electron chi connectivity index (χ3n) is 3.19. The van der Waals surface area contributed by atoms with Gasteiger partial charge in [0.15, 0.2) is 11.6 Å². The van der Waals surface area contributed by atoms with E-state index in [0.29, 0.717) is 5.69 Å². The number of nitrogens with one attached hydrogen (secondary N) is 1. The zero-order valence-corrected chi connectivity index (χ0v) is 11.7. The molecule has 0 amide bonds. The molecule has 4 heteroatoms. The lowest BCUT2D eigenvalue weighted by molar-refractivity contribution is 0.414. The normalized spacial score (nSPS) is 11.2. The minimum absolute atomic E-state index is 0.420. The monoisotopic (exact) mass is 277 g/mol. The van der Waals surface area contributed by atoms with E-state index in [9.17, 15) is 8.78 Å². The van der Waals surface area contributed by atoms with Gasteiger partial charge in [-0.1, -0.05) is 12.1 Å². The number of halogens is 2. The van der Waals surface area contributed by atoms with Crippen molar-refractivity contribution in [1.82, 2.24) is 0 Å². The first-order chi connectivity index (χ1) is 9.42. The van der Waals surface area contributed by atoms with Crippen LogP contribution in [0.3, 0.4) is 0 Å². The highest BCUT2D eigenvalue weighted by atomic mass is 19.2. The van der Waals surface area contributed by atoms with Crippen LogP contribution < -0.4 is 10.1 Å². The van der Waals surface area contributed by atoms with Gasteiger partial charge in [-0.2, -0.15) is 0 Å². The van der Waals surface area contributed by atoms with Crippen molar-refractivity contribution in [3.05, 3.63) is 59.7 Å². The van der Waals surface area contributed by atoms with Crippen molar-refractivity contribution in [2.75, 3.05) is 12.4 Å². The van der Waals surface area contributed by atoms with E-state index in [0.717, 1.165) is 23.4 Å². The van der Waals surface area contributed by atoms with Gasteiger partial charge in [0.2, 0.25) is 0 Å². The van der Waals surface area contributed by atoms with Crippen LogP contribution in [0.15, 0.2) is 42.5 Å². The Balaban J connectivity index is 2.22. The molecule has 0 aliphatic rings. The van der Waals surface area contributed by atoms with Crippen LogP contribution in [-0.4, -0.2) is 7.11 Å². The van der Waals surface area contributed by atoms with Crippen molar-refractivity contribution in [2.24, 2.45) is 0 Å². The van der Waals surface area contributed by atoms with E-state index in [2.05, 4.69) is 5.32 Å². The summed E-state index contributed by atoms with van der Waals surface area (Å²) in [6, 6.07) is 11.4. The first-order valence-electron chi connectivity index (χ1n) is 6.30. The second-order valence-electron chi connectivity index (χ2n) is 5.11. The molecule has 0 bridgehead atoms. The molecule has 0 radical (unpaired) electrons. The standard InChI is InChI=1S/C16H17F2NO/c1-16(2,11-4-7-13(20-3)8-5-11)19-12-6-9-14(17)15(18)10-12/h4-10,19H,1-3H3. The van der Waals surface area contributed by atoms with Gasteiger partial charge in [-0.3, -0.25) is 0 Å². The summed E-state index contributed by atoms with van der Waals surface area (Å²) in [7, 11) is 1.61. The minimum atomic E-state index is -0.861. The molecule has 2 rings (SSSR count). The Morgan fingerprint density at radius 1 is 0.950 bits per heavy atom. The Kier molecular flexibility index (Phi) is 3.93. The molecule has 20 heavy (non-hydrogen) atoms. The number of hydrogen-bond acceptors (Lipinski definition) is 2. The number of benzene rings is 2. The van der Waals surface area contributed by atoms with Crippen LogP contribution in [-0.2, 0) is 5.54 Å². The molecule has 2 nitrogen and oxygen atoms in total. The van der Waals surface area contributed by atoms with Gasteiger partial charge in [0.1, 0.15) is 5.75 Å². The summed E-state index contributed by atoms with van der Waals surface area (Å²) in [4.78, 5) is 0. The average Bonchev–Trinajstić information content (AvgIpc) is 2.43. The number of ether oxygens (including phenoxy) is 1. The van der Waals surface area contributed by atoms with Gasteiger partial charge < -0.3 is 10.1 Å². The van der Waals surface area contributed by atoms with Crippen molar-refractivity contribution in [3.8, 4) is 5.75 Å². The van der Waals surface area contributed by atoms with Crippen LogP contribution in [0.2, 0.25) is 0 Å². The zero-order valence-electron chi connectivity index (χ0n) is 11.7. The second kappa shape index (κ2) is 5.49. The predicted molar refractivity (Wildman–Crippen MR) is 76.0 cm³/mol. The van der Waals surface area contributed by atoms with Crippen LogP contribution in [0.25, 0.3) is 0 Å². The molecule has 0 saturated heterocycles. The smallest absolute Gasteiger partial charge is 0.160 e. The molecule has 0 fully saturated rings. The fraction of sp³-hybridized carbons (Fsp3) is 0.250. The molecule has 0 aliphatic heterocycles. The van der Waals surface area contributed by atoms with Gasteiger partial charge in [0.05, 0.1) is 12.6 Å². The average molecular weight is 277 g/mol. The third-order valence-corrected chi connectivity index (χ3v) is 3.19. The van der Waals surface area contributed by atoms with Crippen LogP contribution >= 0.6 is 0 Å². The van der Waals surface area contributed by atoms with Gasteiger partial charge in [-0.25, -0.2) is 8.78 Å². The van der Waals surface area contributed by atoms with Crippen LogP contribution in [0.4, 0.5) is 14.5 Å². The molecule has 1 N–H and O–H groups in total. The maximum atomic E-state index is 13.2. The van der Waals surface area contributed by atoms with Crippen molar-refractivity contribution < 1.29 is 13.5 Å². The van der Waals surface area contributed by atoms with E-state index in [1.165, 1.54) is 6.07 Å². The van der Waals surface area contributed by atoms with E-state index >= 15 is 0 Å². The van der Waals surface area contributed by atoms with Gasteiger partial charge in [-0.05, 0) is 43.7 Å². The lowest BCUT2D eigenvalue weighted by Crippen LogP contribution is -2.27. The summed E-state index contributed by atoms with van der Waals surface area (Å²) in [5.41, 5.74) is 1.13. The molecule has 0 heterocycles. The lowest BCUT2D eigenvalue weighted by Gasteiger charge is -2.28. The van der Waals surface area contributed by atoms with Crippen molar-refractivity contribution in [1.29, 1.82) is 0 Å². The van der Waals surface area contributed by atoms with Gasteiger partial charge >= 0.3 is 0 Å². The quantitative estimate of drug-likeness (QED) is 0.898. The molecule has 2 aromatic carbocycles. The molecule has 0 aliphatic carbocycles. The number of anilines is 1. The summed E-state index contributed by atoms with van der Waals surface area (Å²) >= 11 is 0. The van der Waals surface area contributed by atoms with Gasteiger partial charge in [-0.15, -0.1) is 0 Å². The fourth-order valence-electron chi connectivity index (χ4n) is 2.01. The molecular formula is C16H17F2NO. The van der Waals surface area contributed by atoms with Crippen LogP contribution in [0.1, 0.15) is 19.4 Å². The topological polar surface area (TPSA) is 21.3 Å². The molecular weight excluding hydrogens is 260 g/mol.